The minimum Gasteiger partial charge on any atom is -0.457 e. The van der Waals surface area contributed by atoms with Crippen LogP contribution >= 0.6 is 27.5 Å². The van der Waals surface area contributed by atoms with E-state index in [1.165, 1.54) is 0 Å². The van der Waals surface area contributed by atoms with Crippen molar-refractivity contribution in [3.8, 4) is 0 Å². The van der Waals surface area contributed by atoms with Gasteiger partial charge in [0.25, 0.3) is 0 Å². The monoisotopic (exact) mass is 325 g/mol. The Balaban J connectivity index is 1.98. The molecule has 0 amide bonds. The molecule has 0 radical (unpaired) electrons. The van der Waals surface area contributed by atoms with E-state index in [4.69, 9.17) is 16.3 Å². The molecule has 18 heavy (non-hydrogen) atoms. The lowest BCUT2D eigenvalue weighted by atomic mass is 10.2. The third-order valence-corrected chi connectivity index (χ3v) is 2.93. The highest BCUT2D eigenvalue weighted by molar-refractivity contribution is 9.10. The number of ether oxygens (including phenoxy) is 1. The zero-order valence-corrected chi connectivity index (χ0v) is 11.6. The predicted molar refractivity (Wildman–Crippen MR) is 72.5 cm³/mol. The lowest BCUT2D eigenvalue weighted by Crippen LogP contribution is -2.05. The molecular formula is C13H9BrClNO2. The number of hydrogen-bond acceptors (Lipinski definition) is 3. The molecule has 3 nitrogen and oxygen atoms in total. The van der Waals surface area contributed by atoms with Gasteiger partial charge in [-0.05, 0) is 45.8 Å². The number of benzene rings is 1. The second-order valence-corrected chi connectivity index (χ2v) is 4.82. The quantitative estimate of drug-likeness (QED) is 0.635. The Kier molecular flexibility index (Phi) is 4.33. The summed E-state index contributed by atoms with van der Waals surface area (Å²) in [5, 5.41) is 0.656. The normalized spacial score (nSPS) is 10.1. The Morgan fingerprint density at radius 3 is 2.67 bits per heavy atom. The average Bonchev–Trinajstić information content (AvgIpc) is 2.38. The highest BCUT2D eigenvalue weighted by Gasteiger charge is 2.07. The number of aromatic nitrogens is 1. The fourth-order valence-electron chi connectivity index (χ4n) is 1.34. The van der Waals surface area contributed by atoms with Gasteiger partial charge >= 0.3 is 5.97 Å². The molecule has 0 aliphatic heterocycles. The van der Waals surface area contributed by atoms with Crippen molar-refractivity contribution in [1.82, 2.24) is 4.98 Å². The molecule has 0 saturated carbocycles. The highest BCUT2D eigenvalue weighted by atomic mass is 79.9. The fourth-order valence-corrected chi connectivity index (χ4v) is 1.83. The van der Waals surface area contributed by atoms with E-state index in [-0.39, 0.29) is 12.6 Å². The third-order valence-electron chi connectivity index (χ3n) is 2.25. The number of nitrogens with zero attached hydrogens (tertiary/aromatic N) is 1. The van der Waals surface area contributed by atoms with Crippen LogP contribution in [0, 0.1) is 0 Å². The van der Waals surface area contributed by atoms with E-state index in [0.717, 1.165) is 5.56 Å². The molecule has 2 rings (SSSR count). The van der Waals surface area contributed by atoms with Crippen molar-refractivity contribution in [2.75, 3.05) is 0 Å². The van der Waals surface area contributed by atoms with Gasteiger partial charge in [-0.25, -0.2) is 9.78 Å². The largest absolute Gasteiger partial charge is 0.457 e. The number of halogens is 2. The lowest BCUT2D eigenvalue weighted by Gasteiger charge is -2.05. The molecule has 0 aliphatic carbocycles. The van der Waals surface area contributed by atoms with Crippen molar-refractivity contribution in [3.05, 3.63) is 63.3 Å². The second kappa shape index (κ2) is 5.98. The fraction of sp³-hybridized carbons (Fsp3) is 0.0769. The highest BCUT2D eigenvalue weighted by Crippen LogP contribution is 2.12. The number of hydrogen-bond donors (Lipinski definition) is 0. The number of carbonyl (C=O) groups is 1. The van der Waals surface area contributed by atoms with Gasteiger partial charge in [0, 0.05) is 11.2 Å². The Morgan fingerprint density at radius 1 is 1.28 bits per heavy atom. The maximum atomic E-state index is 11.7. The van der Waals surface area contributed by atoms with E-state index in [2.05, 4.69) is 20.9 Å². The van der Waals surface area contributed by atoms with E-state index >= 15 is 0 Å². The Morgan fingerprint density at radius 2 is 2.00 bits per heavy atom. The lowest BCUT2D eigenvalue weighted by molar-refractivity contribution is 0.0472. The summed E-state index contributed by atoms with van der Waals surface area (Å²) < 4.78 is 5.78. The van der Waals surface area contributed by atoms with Crippen molar-refractivity contribution in [2.45, 2.75) is 6.61 Å². The summed E-state index contributed by atoms with van der Waals surface area (Å²) in [7, 11) is 0. The first-order chi connectivity index (χ1) is 8.65. The summed E-state index contributed by atoms with van der Waals surface area (Å²) in [5.41, 5.74) is 1.35. The first-order valence-corrected chi connectivity index (χ1v) is 6.35. The second-order valence-electron chi connectivity index (χ2n) is 3.57. The van der Waals surface area contributed by atoms with Crippen LogP contribution in [0.25, 0.3) is 0 Å². The van der Waals surface area contributed by atoms with Crippen LogP contribution in [-0.4, -0.2) is 11.0 Å². The molecule has 0 atom stereocenters. The Hall–Kier alpha value is -1.39. The van der Waals surface area contributed by atoms with E-state index in [0.29, 0.717) is 15.2 Å². The standard InChI is InChI=1S/C13H9BrClNO2/c14-12-7-10(5-6-16-12)13(17)18-8-9-1-3-11(15)4-2-9/h1-7H,8H2. The van der Waals surface area contributed by atoms with Crippen LogP contribution in [0.4, 0.5) is 0 Å². The van der Waals surface area contributed by atoms with Crippen LogP contribution in [0.1, 0.15) is 15.9 Å². The van der Waals surface area contributed by atoms with Crippen molar-refractivity contribution >= 4 is 33.5 Å². The van der Waals surface area contributed by atoms with Crippen LogP contribution in [0.3, 0.4) is 0 Å². The maximum absolute atomic E-state index is 11.7. The Bertz CT molecular complexity index is 557. The molecule has 0 aliphatic rings. The molecule has 0 fully saturated rings. The number of carbonyl (C=O) groups excluding carboxylic acids is 1. The minimum absolute atomic E-state index is 0.218. The molecule has 92 valence electrons. The summed E-state index contributed by atoms with van der Waals surface area (Å²) in [6.07, 6.45) is 1.54. The van der Waals surface area contributed by atoms with E-state index in [1.54, 1.807) is 30.5 Å². The van der Waals surface area contributed by atoms with Gasteiger partial charge in [-0.3, -0.25) is 0 Å². The van der Waals surface area contributed by atoms with Crippen molar-refractivity contribution in [3.63, 3.8) is 0 Å². The molecule has 0 unspecified atom stereocenters. The molecule has 0 bridgehead atoms. The predicted octanol–water partition coefficient (Wildman–Crippen LogP) is 3.85. The van der Waals surface area contributed by atoms with Crippen molar-refractivity contribution in [2.24, 2.45) is 0 Å². The van der Waals surface area contributed by atoms with Gasteiger partial charge in [-0.2, -0.15) is 0 Å². The summed E-state index contributed by atoms with van der Waals surface area (Å²) in [4.78, 5) is 15.7. The molecule has 0 saturated heterocycles. The van der Waals surface area contributed by atoms with Gasteiger partial charge in [-0.15, -0.1) is 0 Å². The van der Waals surface area contributed by atoms with Crippen LogP contribution in [0.2, 0.25) is 5.02 Å². The molecule has 0 N–H and O–H groups in total. The average molecular weight is 327 g/mol. The van der Waals surface area contributed by atoms with Gasteiger partial charge in [0.2, 0.25) is 0 Å². The van der Waals surface area contributed by atoms with E-state index < -0.39 is 0 Å². The molecular weight excluding hydrogens is 318 g/mol. The van der Waals surface area contributed by atoms with Crippen LogP contribution in [-0.2, 0) is 11.3 Å². The summed E-state index contributed by atoms with van der Waals surface area (Å²) in [5.74, 6) is -0.381. The smallest absolute Gasteiger partial charge is 0.338 e. The maximum Gasteiger partial charge on any atom is 0.338 e. The summed E-state index contributed by atoms with van der Waals surface area (Å²) >= 11 is 8.97. The summed E-state index contributed by atoms with van der Waals surface area (Å²) in [6.45, 7) is 0.218. The van der Waals surface area contributed by atoms with Gasteiger partial charge in [-0.1, -0.05) is 23.7 Å². The molecule has 2 aromatic rings. The van der Waals surface area contributed by atoms with Gasteiger partial charge < -0.3 is 4.74 Å². The van der Waals surface area contributed by atoms with Crippen molar-refractivity contribution < 1.29 is 9.53 Å². The molecule has 1 aromatic carbocycles. The van der Waals surface area contributed by atoms with Crippen molar-refractivity contribution in [1.29, 1.82) is 0 Å². The first kappa shape index (κ1) is 13.1. The van der Waals surface area contributed by atoms with E-state index in [1.807, 2.05) is 12.1 Å². The zero-order valence-electron chi connectivity index (χ0n) is 9.27. The molecule has 0 spiro atoms. The topological polar surface area (TPSA) is 39.2 Å². The third kappa shape index (κ3) is 3.55. The minimum atomic E-state index is -0.381. The van der Waals surface area contributed by atoms with Gasteiger partial charge in [0.1, 0.15) is 11.2 Å². The number of rotatable bonds is 3. The van der Waals surface area contributed by atoms with Crippen LogP contribution < -0.4 is 0 Å². The molecule has 5 heteroatoms. The van der Waals surface area contributed by atoms with Crippen LogP contribution in [0.15, 0.2) is 47.2 Å². The first-order valence-electron chi connectivity index (χ1n) is 5.18. The Labute approximate surface area is 118 Å². The van der Waals surface area contributed by atoms with Gasteiger partial charge in [0.05, 0.1) is 5.56 Å². The number of pyridine rings is 1. The van der Waals surface area contributed by atoms with Gasteiger partial charge in [0.15, 0.2) is 0 Å². The summed E-state index contributed by atoms with van der Waals surface area (Å²) in [6, 6.07) is 10.4. The van der Waals surface area contributed by atoms with Crippen LogP contribution in [0.5, 0.6) is 0 Å². The zero-order chi connectivity index (χ0) is 13.0. The van der Waals surface area contributed by atoms with E-state index in [9.17, 15) is 4.79 Å². The molecule has 1 heterocycles. The SMILES string of the molecule is O=C(OCc1ccc(Cl)cc1)c1ccnc(Br)c1. The number of esters is 1. The molecule has 1 aromatic heterocycles.